The maximum Gasteiger partial charge on any atom is 0.0651 e. The number of benzene rings is 1. The number of rotatable bonds is 7. The second kappa shape index (κ2) is 10.1. The summed E-state index contributed by atoms with van der Waals surface area (Å²) in [7, 11) is 0. The Morgan fingerprint density at radius 1 is 0.885 bits per heavy atom. The smallest absolute Gasteiger partial charge is 0.0651 e. The molecule has 2 aliphatic rings. The highest BCUT2D eigenvalue weighted by atomic mass is 16.5. The Bertz CT molecular complexity index is 583. The molecule has 0 bridgehead atoms. The first-order valence-corrected chi connectivity index (χ1v) is 10.7. The fourth-order valence-corrected chi connectivity index (χ4v) is 4.96. The third kappa shape index (κ3) is 5.33. The molecular weight excluding hydrogens is 316 g/mol. The summed E-state index contributed by atoms with van der Waals surface area (Å²) in [5, 5.41) is 0. The molecule has 1 heteroatoms. The van der Waals surface area contributed by atoms with Crippen LogP contribution < -0.4 is 0 Å². The Morgan fingerprint density at radius 3 is 2.38 bits per heavy atom. The van der Waals surface area contributed by atoms with E-state index in [1.807, 2.05) is 0 Å². The van der Waals surface area contributed by atoms with Gasteiger partial charge in [0.25, 0.3) is 0 Å². The summed E-state index contributed by atoms with van der Waals surface area (Å²) in [6.07, 6.45) is 19.5. The van der Waals surface area contributed by atoms with Crippen LogP contribution in [0.15, 0.2) is 48.6 Å². The molecule has 0 N–H and O–H groups in total. The molecule has 142 valence electrons. The monoisotopic (exact) mass is 352 g/mol. The molecule has 1 aromatic rings. The lowest BCUT2D eigenvalue weighted by Gasteiger charge is -2.42. The van der Waals surface area contributed by atoms with Gasteiger partial charge in [-0.15, -0.1) is 0 Å². The van der Waals surface area contributed by atoms with E-state index in [0.29, 0.717) is 6.10 Å². The lowest BCUT2D eigenvalue weighted by Crippen LogP contribution is -2.33. The molecular formula is C25H36O. The van der Waals surface area contributed by atoms with Crippen molar-refractivity contribution in [3.63, 3.8) is 0 Å². The van der Waals surface area contributed by atoms with Crippen LogP contribution in [0.4, 0.5) is 0 Å². The van der Waals surface area contributed by atoms with Crippen LogP contribution in [0, 0.1) is 11.8 Å². The first-order chi connectivity index (χ1) is 12.8. The highest BCUT2D eigenvalue weighted by Gasteiger charge is 2.36. The molecule has 26 heavy (non-hydrogen) atoms. The summed E-state index contributed by atoms with van der Waals surface area (Å²) in [6, 6.07) is 9.53. The summed E-state index contributed by atoms with van der Waals surface area (Å²) in [5.74, 6) is 2.60. The number of allylic oxidation sites excluding steroid dienone is 3. The fraction of sp³-hybridized carbons (Fsp3) is 0.600. The van der Waals surface area contributed by atoms with Crippen molar-refractivity contribution in [2.75, 3.05) is 6.61 Å². The fourth-order valence-electron chi connectivity index (χ4n) is 4.96. The van der Waals surface area contributed by atoms with Gasteiger partial charge in [0.2, 0.25) is 0 Å². The first kappa shape index (κ1) is 19.4. The van der Waals surface area contributed by atoms with Crippen molar-refractivity contribution >= 4 is 0 Å². The van der Waals surface area contributed by atoms with Crippen LogP contribution in [0.25, 0.3) is 0 Å². The maximum absolute atomic E-state index is 6.05. The predicted octanol–water partition coefficient (Wildman–Crippen LogP) is 6.84. The average Bonchev–Trinajstić information content (AvgIpc) is 2.68. The SMILES string of the molecule is C/C=C/CCc1ccc(C2CCC3CC(OC/C=C/C)CCC3C2)cc1. The van der Waals surface area contributed by atoms with Crippen LogP contribution in [0.3, 0.4) is 0 Å². The van der Waals surface area contributed by atoms with Gasteiger partial charge in [-0.05, 0) is 94.1 Å². The van der Waals surface area contributed by atoms with Crippen molar-refractivity contribution in [3.8, 4) is 0 Å². The van der Waals surface area contributed by atoms with E-state index in [1.54, 1.807) is 5.56 Å². The van der Waals surface area contributed by atoms with Crippen molar-refractivity contribution in [2.24, 2.45) is 11.8 Å². The van der Waals surface area contributed by atoms with E-state index in [1.165, 1.54) is 44.1 Å². The number of hydrogen-bond donors (Lipinski definition) is 0. The Hall–Kier alpha value is -1.34. The van der Waals surface area contributed by atoms with E-state index in [0.717, 1.165) is 37.2 Å². The zero-order valence-corrected chi connectivity index (χ0v) is 16.7. The molecule has 1 nitrogen and oxygen atoms in total. The second-order valence-corrected chi connectivity index (χ2v) is 8.22. The van der Waals surface area contributed by atoms with Crippen LogP contribution in [-0.4, -0.2) is 12.7 Å². The minimum atomic E-state index is 0.500. The molecule has 4 unspecified atom stereocenters. The average molecular weight is 353 g/mol. The van der Waals surface area contributed by atoms with Gasteiger partial charge in [0.15, 0.2) is 0 Å². The molecule has 0 radical (unpaired) electrons. The Morgan fingerprint density at radius 2 is 1.62 bits per heavy atom. The van der Waals surface area contributed by atoms with Crippen molar-refractivity contribution in [3.05, 3.63) is 59.7 Å². The minimum absolute atomic E-state index is 0.500. The van der Waals surface area contributed by atoms with Gasteiger partial charge in [-0.3, -0.25) is 0 Å². The normalized spacial score (nSPS) is 29.3. The second-order valence-electron chi connectivity index (χ2n) is 8.22. The van der Waals surface area contributed by atoms with Crippen LogP contribution in [0.5, 0.6) is 0 Å². The molecule has 0 saturated heterocycles. The molecule has 2 aliphatic carbocycles. The summed E-state index contributed by atoms with van der Waals surface area (Å²) in [5.41, 5.74) is 3.05. The maximum atomic E-state index is 6.05. The lowest BCUT2D eigenvalue weighted by atomic mass is 9.65. The first-order valence-electron chi connectivity index (χ1n) is 10.7. The van der Waals surface area contributed by atoms with E-state index >= 15 is 0 Å². The summed E-state index contributed by atoms with van der Waals surface area (Å²) in [6.45, 7) is 4.96. The zero-order chi connectivity index (χ0) is 18.2. The largest absolute Gasteiger partial charge is 0.374 e. The Balaban J connectivity index is 1.49. The molecule has 1 aromatic carbocycles. The zero-order valence-electron chi connectivity index (χ0n) is 16.7. The van der Waals surface area contributed by atoms with Gasteiger partial charge in [0.05, 0.1) is 12.7 Å². The topological polar surface area (TPSA) is 9.23 Å². The summed E-state index contributed by atoms with van der Waals surface area (Å²) >= 11 is 0. The molecule has 0 amide bonds. The quantitative estimate of drug-likeness (QED) is 0.488. The van der Waals surface area contributed by atoms with Crippen LogP contribution in [0.1, 0.15) is 75.8 Å². The van der Waals surface area contributed by atoms with E-state index in [4.69, 9.17) is 4.74 Å². The van der Waals surface area contributed by atoms with Gasteiger partial charge in [0, 0.05) is 0 Å². The third-order valence-corrected chi connectivity index (χ3v) is 6.52. The minimum Gasteiger partial charge on any atom is -0.374 e. The van der Waals surface area contributed by atoms with Crippen molar-refractivity contribution in [1.82, 2.24) is 0 Å². The van der Waals surface area contributed by atoms with Gasteiger partial charge in [-0.2, -0.15) is 0 Å². The molecule has 0 aliphatic heterocycles. The number of ether oxygens (including phenoxy) is 1. The molecule has 0 heterocycles. The van der Waals surface area contributed by atoms with Crippen LogP contribution in [0.2, 0.25) is 0 Å². The van der Waals surface area contributed by atoms with Crippen LogP contribution in [-0.2, 0) is 11.2 Å². The molecule has 2 fully saturated rings. The van der Waals surface area contributed by atoms with E-state index in [-0.39, 0.29) is 0 Å². The highest BCUT2D eigenvalue weighted by molar-refractivity contribution is 5.26. The van der Waals surface area contributed by atoms with Crippen molar-refractivity contribution in [1.29, 1.82) is 0 Å². The van der Waals surface area contributed by atoms with Gasteiger partial charge in [0.1, 0.15) is 0 Å². The number of aryl methyl sites for hydroxylation is 1. The number of fused-ring (bicyclic) bond motifs is 1. The van der Waals surface area contributed by atoms with Gasteiger partial charge in [-0.1, -0.05) is 48.6 Å². The van der Waals surface area contributed by atoms with Gasteiger partial charge >= 0.3 is 0 Å². The Labute approximate surface area is 160 Å². The molecule has 0 spiro atoms. The lowest BCUT2D eigenvalue weighted by molar-refractivity contribution is -0.00319. The van der Waals surface area contributed by atoms with Crippen molar-refractivity contribution < 1.29 is 4.74 Å². The third-order valence-electron chi connectivity index (χ3n) is 6.52. The van der Waals surface area contributed by atoms with Crippen LogP contribution >= 0.6 is 0 Å². The van der Waals surface area contributed by atoms with Gasteiger partial charge in [-0.25, -0.2) is 0 Å². The van der Waals surface area contributed by atoms with E-state index < -0.39 is 0 Å². The van der Waals surface area contributed by atoms with Crippen molar-refractivity contribution in [2.45, 2.75) is 77.2 Å². The number of hydrogen-bond acceptors (Lipinski definition) is 1. The van der Waals surface area contributed by atoms with Gasteiger partial charge < -0.3 is 4.74 Å². The van der Waals surface area contributed by atoms with E-state index in [2.05, 4.69) is 62.4 Å². The molecule has 4 atom stereocenters. The van der Waals surface area contributed by atoms with E-state index in [9.17, 15) is 0 Å². The highest BCUT2D eigenvalue weighted by Crippen LogP contribution is 2.46. The molecule has 2 saturated carbocycles. The molecule has 3 rings (SSSR count). The summed E-state index contributed by atoms with van der Waals surface area (Å²) in [4.78, 5) is 0. The molecule has 0 aromatic heterocycles. The predicted molar refractivity (Wildman–Crippen MR) is 112 cm³/mol. The Kier molecular flexibility index (Phi) is 7.55. The standard InChI is InChI=1S/C25H36O/c1-3-5-7-8-20-9-11-21(12-10-20)22-13-14-24-19-25(26-17-6-4-2)16-15-23(24)18-22/h3-6,9-12,22-25H,7-8,13-19H2,1-2H3/b5-3+,6-4+. The summed E-state index contributed by atoms with van der Waals surface area (Å²) < 4.78 is 6.05.